The van der Waals surface area contributed by atoms with Gasteiger partial charge < -0.3 is 0 Å². The lowest BCUT2D eigenvalue weighted by molar-refractivity contribution is 1.12. The van der Waals surface area contributed by atoms with Gasteiger partial charge in [-0.05, 0) is 33.1 Å². The van der Waals surface area contributed by atoms with Crippen molar-refractivity contribution < 1.29 is 0 Å². The largest absolute Gasteiger partial charge is 0.231 e. The monoisotopic (exact) mass is 310 g/mol. The van der Waals surface area contributed by atoms with E-state index in [1.807, 2.05) is 24.3 Å². The molecule has 2 nitrogen and oxygen atoms in total. The smallest absolute Gasteiger partial charge is 0.197 e. The highest BCUT2D eigenvalue weighted by Crippen LogP contribution is 2.23. The Bertz CT molecular complexity index is 679. The quantitative estimate of drug-likeness (QED) is 0.648. The van der Waals surface area contributed by atoms with Crippen molar-refractivity contribution in [2.45, 2.75) is 0 Å². The van der Waals surface area contributed by atoms with Crippen molar-refractivity contribution in [3.8, 4) is 22.4 Å². The summed E-state index contributed by atoms with van der Waals surface area (Å²) >= 11 is 3.29. The van der Waals surface area contributed by atoms with Crippen molar-refractivity contribution in [3.63, 3.8) is 0 Å². The number of rotatable bonds is 2. The van der Waals surface area contributed by atoms with Crippen molar-refractivity contribution in [2.75, 3.05) is 0 Å². The number of aromatic nitrogens is 2. The minimum atomic E-state index is 0.608. The molecule has 1 heterocycles. The van der Waals surface area contributed by atoms with Crippen LogP contribution in [0.1, 0.15) is 0 Å². The normalized spacial score (nSPS) is 10.4. The topological polar surface area (TPSA) is 25.8 Å². The van der Waals surface area contributed by atoms with Crippen LogP contribution in [0, 0.1) is 0 Å². The molecule has 0 aliphatic heterocycles. The van der Waals surface area contributed by atoms with Gasteiger partial charge in [-0.15, -0.1) is 0 Å². The van der Waals surface area contributed by atoms with Gasteiger partial charge in [0, 0.05) is 11.8 Å². The predicted octanol–water partition coefficient (Wildman–Crippen LogP) is 4.57. The third-order valence-electron chi connectivity index (χ3n) is 2.91. The number of halogens is 1. The minimum Gasteiger partial charge on any atom is -0.231 e. The van der Waals surface area contributed by atoms with Crippen LogP contribution in [-0.4, -0.2) is 9.97 Å². The number of nitrogens with zero attached hydrogens (tertiary/aromatic N) is 2. The van der Waals surface area contributed by atoms with Crippen LogP contribution in [0.3, 0.4) is 0 Å². The Labute approximate surface area is 120 Å². The molecule has 92 valence electrons. The molecule has 0 saturated heterocycles. The first-order valence-corrected chi connectivity index (χ1v) is 6.77. The van der Waals surface area contributed by atoms with Crippen LogP contribution in [0.4, 0.5) is 0 Å². The van der Waals surface area contributed by atoms with E-state index in [1.54, 1.807) is 6.20 Å². The van der Waals surface area contributed by atoms with Crippen LogP contribution >= 0.6 is 15.9 Å². The van der Waals surface area contributed by atoms with Gasteiger partial charge in [0.15, 0.2) is 4.73 Å². The van der Waals surface area contributed by atoms with Gasteiger partial charge >= 0.3 is 0 Å². The van der Waals surface area contributed by atoms with Gasteiger partial charge in [-0.2, -0.15) is 0 Å². The van der Waals surface area contributed by atoms with Gasteiger partial charge in [-0.25, -0.2) is 9.97 Å². The second-order valence-electron chi connectivity index (χ2n) is 4.15. The van der Waals surface area contributed by atoms with Crippen LogP contribution in [0.5, 0.6) is 0 Å². The molecule has 0 spiro atoms. The lowest BCUT2D eigenvalue weighted by atomic mass is 10.0. The Balaban J connectivity index is 1.95. The van der Waals surface area contributed by atoms with E-state index < -0.39 is 0 Å². The summed E-state index contributed by atoms with van der Waals surface area (Å²) in [7, 11) is 0. The number of hydrogen-bond acceptors (Lipinski definition) is 2. The molecule has 19 heavy (non-hydrogen) atoms. The standard InChI is InChI=1S/C16H11BrN2/c17-16-18-11-10-15(19-16)14-8-6-13(7-9-14)12-4-2-1-3-5-12/h1-11H. The molecule has 0 fully saturated rings. The molecule has 3 heteroatoms. The Kier molecular flexibility index (Phi) is 3.38. The molecular weight excluding hydrogens is 300 g/mol. The molecule has 0 N–H and O–H groups in total. The van der Waals surface area contributed by atoms with Gasteiger partial charge in [-0.3, -0.25) is 0 Å². The minimum absolute atomic E-state index is 0.608. The molecule has 0 aliphatic carbocycles. The zero-order valence-corrected chi connectivity index (χ0v) is 11.7. The van der Waals surface area contributed by atoms with Crippen molar-refractivity contribution >= 4 is 15.9 Å². The van der Waals surface area contributed by atoms with Crippen molar-refractivity contribution in [3.05, 3.63) is 71.6 Å². The fraction of sp³-hybridized carbons (Fsp3) is 0. The molecule has 3 rings (SSSR count). The van der Waals surface area contributed by atoms with Gasteiger partial charge in [0.2, 0.25) is 0 Å². The highest BCUT2D eigenvalue weighted by atomic mass is 79.9. The first-order valence-electron chi connectivity index (χ1n) is 5.97. The lowest BCUT2D eigenvalue weighted by Gasteiger charge is -2.04. The van der Waals surface area contributed by atoms with Gasteiger partial charge in [0.25, 0.3) is 0 Å². The fourth-order valence-electron chi connectivity index (χ4n) is 1.96. The van der Waals surface area contributed by atoms with Crippen LogP contribution in [0.2, 0.25) is 0 Å². The zero-order chi connectivity index (χ0) is 13.1. The summed E-state index contributed by atoms with van der Waals surface area (Å²) in [5, 5.41) is 0. The first kappa shape index (κ1) is 12.1. The summed E-state index contributed by atoms with van der Waals surface area (Å²) in [6, 6.07) is 20.6. The van der Waals surface area contributed by atoms with Crippen molar-refractivity contribution in [2.24, 2.45) is 0 Å². The lowest BCUT2D eigenvalue weighted by Crippen LogP contribution is -1.86. The molecule has 0 amide bonds. The summed E-state index contributed by atoms with van der Waals surface area (Å²) in [5.41, 5.74) is 4.43. The molecule has 0 bridgehead atoms. The van der Waals surface area contributed by atoms with E-state index in [1.165, 1.54) is 11.1 Å². The zero-order valence-electron chi connectivity index (χ0n) is 10.1. The molecule has 0 aliphatic rings. The summed E-state index contributed by atoms with van der Waals surface area (Å²) < 4.78 is 0.608. The second-order valence-corrected chi connectivity index (χ2v) is 4.86. The maximum atomic E-state index is 4.35. The summed E-state index contributed by atoms with van der Waals surface area (Å²) in [6.07, 6.45) is 1.75. The third kappa shape index (κ3) is 2.71. The highest BCUT2D eigenvalue weighted by Gasteiger charge is 2.01. The molecular formula is C16H11BrN2. The Morgan fingerprint density at radius 1 is 0.684 bits per heavy atom. The Hall–Kier alpha value is -2.00. The molecule has 0 saturated carbocycles. The van der Waals surface area contributed by atoms with Gasteiger partial charge in [0.1, 0.15) is 0 Å². The van der Waals surface area contributed by atoms with E-state index in [0.29, 0.717) is 4.73 Å². The average Bonchev–Trinajstić information content (AvgIpc) is 2.48. The van der Waals surface area contributed by atoms with E-state index in [9.17, 15) is 0 Å². The van der Waals surface area contributed by atoms with Crippen LogP contribution < -0.4 is 0 Å². The third-order valence-corrected chi connectivity index (χ3v) is 3.30. The SMILES string of the molecule is Brc1nccc(-c2ccc(-c3ccccc3)cc2)n1. The van der Waals surface area contributed by atoms with E-state index in [2.05, 4.69) is 62.3 Å². The fourth-order valence-corrected chi connectivity index (χ4v) is 2.27. The van der Waals surface area contributed by atoms with Crippen molar-refractivity contribution in [1.82, 2.24) is 9.97 Å². The number of benzene rings is 2. The molecule has 2 aromatic carbocycles. The Morgan fingerprint density at radius 3 is 2.00 bits per heavy atom. The summed E-state index contributed by atoms with van der Waals surface area (Å²) in [4.78, 5) is 8.39. The Morgan fingerprint density at radius 2 is 1.32 bits per heavy atom. The number of hydrogen-bond donors (Lipinski definition) is 0. The maximum Gasteiger partial charge on any atom is 0.197 e. The summed E-state index contributed by atoms with van der Waals surface area (Å²) in [5.74, 6) is 0. The van der Waals surface area contributed by atoms with Gasteiger partial charge in [-0.1, -0.05) is 54.6 Å². The highest BCUT2D eigenvalue weighted by molar-refractivity contribution is 9.10. The molecule has 0 atom stereocenters. The van der Waals surface area contributed by atoms with Crippen LogP contribution in [0.25, 0.3) is 22.4 Å². The van der Waals surface area contributed by atoms with Crippen molar-refractivity contribution in [1.29, 1.82) is 0 Å². The average molecular weight is 311 g/mol. The first-order chi connectivity index (χ1) is 9.33. The van der Waals surface area contributed by atoms with E-state index in [0.717, 1.165) is 11.3 Å². The van der Waals surface area contributed by atoms with E-state index in [-0.39, 0.29) is 0 Å². The molecule has 0 unspecified atom stereocenters. The molecule has 1 aromatic heterocycles. The second kappa shape index (κ2) is 5.33. The molecule has 0 radical (unpaired) electrons. The van der Waals surface area contributed by atoms with Gasteiger partial charge in [0.05, 0.1) is 5.69 Å². The van der Waals surface area contributed by atoms with Crippen LogP contribution in [-0.2, 0) is 0 Å². The van der Waals surface area contributed by atoms with E-state index >= 15 is 0 Å². The summed E-state index contributed by atoms with van der Waals surface area (Å²) in [6.45, 7) is 0. The maximum absolute atomic E-state index is 4.35. The molecule has 3 aromatic rings. The van der Waals surface area contributed by atoms with Crippen LogP contribution in [0.15, 0.2) is 71.6 Å². The predicted molar refractivity (Wildman–Crippen MR) is 80.6 cm³/mol. The van der Waals surface area contributed by atoms with E-state index in [4.69, 9.17) is 0 Å².